The van der Waals surface area contributed by atoms with Gasteiger partial charge in [-0.25, -0.2) is 9.97 Å². The van der Waals surface area contributed by atoms with Crippen LogP contribution in [-0.2, 0) is 17.1 Å². The smallest absolute Gasteiger partial charge is 0.657 e. The number of carbonyl (C=O) groups excluding carboxylic acids is 4. The van der Waals surface area contributed by atoms with Gasteiger partial charge in [-0.15, -0.1) is 22.1 Å². The van der Waals surface area contributed by atoms with Gasteiger partial charge in [0.1, 0.15) is 0 Å². The minimum absolute atomic E-state index is 0. The first-order valence-electron chi connectivity index (χ1n) is 23.2. The van der Waals surface area contributed by atoms with Crippen LogP contribution in [0.5, 0.6) is 0 Å². The van der Waals surface area contributed by atoms with E-state index in [0.717, 1.165) is 0 Å². The van der Waals surface area contributed by atoms with Crippen molar-refractivity contribution in [2.75, 3.05) is 52.6 Å². The summed E-state index contributed by atoms with van der Waals surface area (Å²) >= 11 is 0. The van der Waals surface area contributed by atoms with E-state index >= 15 is 0 Å². The third-order valence-corrected chi connectivity index (χ3v) is 11.9. The fourth-order valence-corrected chi connectivity index (χ4v) is 8.51. The van der Waals surface area contributed by atoms with Gasteiger partial charge < -0.3 is 51.7 Å². The molecule has 4 amide bonds. The molecule has 3 aromatic heterocycles. The zero-order chi connectivity index (χ0) is 50.1. The maximum absolute atomic E-state index is 12.9. The van der Waals surface area contributed by atoms with E-state index in [2.05, 4.69) is 21.3 Å². The number of aliphatic hydroxyl groups is 4. The summed E-state index contributed by atoms with van der Waals surface area (Å²) in [6.45, 7) is -0.377. The summed E-state index contributed by atoms with van der Waals surface area (Å²) in [6.07, 6.45) is 7.58. The Morgan fingerprint density at radius 2 is 0.548 bits per heavy atom. The van der Waals surface area contributed by atoms with Gasteiger partial charge in [0.25, 0.3) is 23.6 Å². The van der Waals surface area contributed by atoms with Crippen LogP contribution in [0.3, 0.4) is 0 Å². The molecule has 0 atom stereocenters. The zero-order valence-electron chi connectivity index (χ0n) is 39.0. The normalized spacial score (nSPS) is 11.5. The molecule has 0 spiro atoms. The van der Waals surface area contributed by atoms with E-state index < -0.39 is 0 Å². The number of benzene rings is 4. The van der Waals surface area contributed by atoms with Crippen molar-refractivity contribution < 1.29 is 56.7 Å². The van der Waals surface area contributed by atoms with Crippen LogP contribution in [0.15, 0.2) is 121 Å². The second-order valence-corrected chi connectivity index (χ2v) is 16.6. The van der Waals surface area contributed by atoms with Crippen LogP contribution in [-0.4, -0.2) is 107 Å². The molecule has 0 saturated heterocycles. The molecule has 2 aliphatic rings. The van der Waals surface area contributed by atoms with Crippen LogP contribution in [0.2, 0.25) is 0 Å². The summed E-state index contributed by atoms with van der Waals surface area (Å²) in [5.41, 5.74) is 11.6. The molecule has 2 aliphatic heterocycles. The van der Waals surface area contributed by atoms with E-state index in [1.165, 1.54) is 0 Å². The van der Waals surface area contributed by atoms with Gasteiger partial charge >= 0.3 is 17.1 Å². The number of aromatic nitrogens is 4. The zero-order valence-corrected chi connectivity index (χ0v) is 40.0. The number of carbonyl (C=O) groups is 4. The molecule has 73 heavy (non-hydrogen) atoms. The summed E-state index contributed by atoms with van der Waals surface area (Å²) in [5, 5.41) is 48.0. The van der Waals surface area contributed by atoms with Crippen LogP contribution in [0, 0.1) is 0 Å². The molecule has 0 saturated carbocycles. The first-order chi connectivity index (χ1) is 35.2. The molecule has 4 aromatic carbocycles. The van der Waals surface area contributed by atoms with Crippen molar-refractivity contribution in [3.63, 3.8) is 0 Å². The molecule has 5 heterocycles. The molecular formula is C56H48CuN8O8. The third-order valence-electron chi connectivity index (χ3n) is 11.9. The average molecular weight is 1020 g/mol. The van der Waals surface area contributed by atoms with Gasteiger partial charge in [0.2, 0.25) is 0 Å². The molecule has 371 valence electrons. The molecule has 9 rings (SSSR count). The van der Waals surface area contributed by atoms with E-state index in [0.29, 0.717) is 112 Å². The predicted octanol–water partition coefficient (Wildman–Crippen LogP) is 5.47. The van der Waals surface area contributed by atoms with Gasteiger partial charge in [-0.05, 0) is 117 Å². The van der Waals surface area contributed by atoms with Gasteiger partial charge in [-0.2, -0.15) is 0 Å². The van der Waals surface area contributed by atoms with Gasteiger partial charge in [0, 0.05) is 48.4 Å². The van der Waals surface area contributed by atoms with Crippen molar-refractivity contribution in [3.05, 3.63) is 166 Å². The molecule has 0 unspecified atom stereocenters. The largest absolute Gasteiger partial charge is 2.00 e. The van der Waals surface area contributed by atoms with E-state index in [9.17, 15) is 39.6 Å². The molecule has 0 aliphatic carbocycles. The Kier molecular flexibility index (Phi) is 16.3. The number of amides is 4. The number of hydrogen-bond donors (Lipinski definition) is 8. The first kappa shape index (κ1) is 51.1. The maximum Gasteiger partial charge on any atom is 2.00 e. The van der Waals surface area contributed by atoms with E-state index in [1.54, 1.807) is 48.5 Å². The first-order valence-corrected chi connectivity index (χ1v) is 23.2. The number of hydrogen-bond acceptors (Lipinski definition) is 10. The van der Waals surface area contributed by atoms with E-state index in [-0.39, 0.29) is 93.3 Å². The van der Waals surface area contributed by atoms with E-state index in [1.807, 2.05) is 97.1 Å². The molecule has 7 aromatic rings. The summed E-state index contributed by atoms with van der Waals surface area (Å²) in [6, 6.07) is 35.8. The average Bonchev–Trinajstić information content (AvgIpc) is 4.28. The molecule has 17 heteroatoms. The molecular weight excluding hydrogens is 976 g/mol. The van der Waals surface area contributed by atoms with Gasteiger partial charge in [-0.3, -0.25) is 19.2 Å². The molecule has 8 bridgehead atoms. The number of rotatable bonds is 16. The molecule has 8 N–H and O–H groups in total. The second-order valence-electron chi connectivity index (χ2n) is 16.6. The minimum Gasteiger partial charge on any atom is -0.657 e. The Balaban J connectivity index is 0.00000711. The Labute approximate surface area is 429 Å². The quantitative estimate of drug-likeness (QED) is 0.0562. The van der Waals surface area contributed by atoms with Crippen molar-refractivity contribution in [2.24, 2.45) is 0 Å². The fourth-order valence-electron chi connectivity index (χ4n) is 8.51. The van der Waals surface area contributed by atoms with Crippen LogP contribution in [0.25, 0.3) is 90.9 Å². The Hall–Kier alpha value is -8.28. The molecule has 1 radical (unpaired) electrons. The topological polar surface area (TPSA) is 251 Å². The van der Waals surface area contributed by atoms with Gasteiger partial charge in [0.15, 0.2) is 0 Å². The van der Waals surface area contributed by atoms with Crippen molar-refractivity contribution in [1.82, 2.24) is 41.2 Å². The molecule has 16 nitrogen and oxygen atoms in total. The number of aliphatic hydroxyl groups excluding tert-OH is 4. The predicted molar refractivity (Wildman–Crippen MR) is 276 cm³/mol. The van der Waals surface area contributed by atoms with Gasteiger partial charge in [-0.1, -0.05) is 72.8 Å². The Morgan fingerprint density at radius 1 is 0.342 bits per heavy atom. The monoisotopic (exact) mass is 1020 g/mol. The van der Waals surface area contributed by atoms with E-state index in [4.69, 9.17) is 19.9 Å². The maximum atomic E-state index is 12.9. The second kappa shape index (κ2) is 23.3. The van der Waals surface area contributed by atoms with Crippen molar-refractivity contribution >= 4 is 70.0 Å². The summed E-state index contributed by atoms with van der Waals surface area (Å²) in [5.74, 6) is -1.35. The Morgan fingerprint density at radius 3 is 0.740 bits per heavy atom. The number of nitrogens with zero attached hydrogens (tertiary/aromatic N) is 4. The van der Waals surface area contributed by atoms with Crippen molar-refractivity contribution in [3.8, 4) is 44.5 Å². The van der Waals surface area contributed by atoms with Crippen LogP contribution < -0.4 is 31.2 Å². The van der Waals surface area contributed by atoms with Crippen LogP contribution >= 0.6 is 0 Å². The Bertz CT molecular complexity index is 2980. The fraction of sp³-hybridized carbons (Fsp3) is 0.143. The van der Waals surface area contributed by atoms with Crippen molar-refractivity contribution in [1.29, 1.82) is 0 Å². The summed E-state index contributed by atoms with van der Waals surface area (Å²) in [7, 11) is 0. The number of nitrogens with one attached hydrogen (secondary N) is 4. The van der Waals surface area contributed by atoms with Crippen LogP contribution in [0.4, 0.5) is 0 Å². The van der Waals surface area contributed by atoms with Gasteiger partial charge in [0.05, 0.1) is 49.2 Å². The summed E-state index contributed by atoms with van der Waals surface area (Å²) < 4.78 is 0. The molecule has 0 fully saturated rings. The van der Waals surface area contributed by atoms with Crippen molar-refractivity contribution in [2.45, 2.75) is 0 Å². The minimum atomic E-state index is -0.337. The summed E-state index contributed by atoms with van der Waals surface area (Å²) in [4.78, 5) is 72.8. The third kappa shape index (κ3) is 11.1. The number of fused-ring (bicyclic) bond motifs is 8. The standard InChI is InChI=1S/C56H50N8O8.Cu/c65-29-25-57-53(69)37-9-1-33(2-10-37)49-41-17-19-43(61-41)50(34-3-11-38(12-4-34)54(70)58-26-30-66)45-21-23-47(63-45)52(36-7-15-40(16-8-36)56(72)60-28-32-68)48-24-22-46(64-48)51(44-20-18-42(49)62-44)35-5-13-39(14-6-35)55(71)59-27-31-67;/h1-24,65-68H,25-32H2,(H6,57,58,59,60,61,62,63,64,69,70,71,72);/q;+2/p-2. The van der Waals surface area contributed by atoms with Crippen LogP contribution in [0.1, 0.15) is 64.2 Å². The SMILES string of the molecule is O=C(NCCO)c1ccc(-c2c3nc(c(-c4ccc(C(=O)NCCO)cc4)c4ccc([n-]4)c(-c4ccc(C(=O)NCCO)cc4)c4nc(c(-c5ccc(C(=O)NCCO)cc5)c5ccc2[n-]5)C=C4)C=C3)cc1.[Cu+2].